The van der Waals surface area contributed by atoms with E-state index in [1.807, 2.05) is 5.32 Å². The van der Waals surface area contributed by atoms with Crippen molar-refractivity contribution in [1.82, 2.24) is 10.6 Å². The first-order chi connectivity index (χ1) is 10.7. The highest BCUT2D eigenvalue weighted by Gasteiger charge is 2.42. The summed E-state index contributed by atoms with van der Waals surface area (Å²) in [5.41, 5.74) is -0.603. The number of halogens is 6. The predicted octanol–water partition coefficient (Wildman–Crippen LogP) is 1.58. The minimum Gasteiger partial charge on any atom is -0.346 e. The van der Waals surface area contributed by atoms with Crippen LogP contribution in [0, 0.1) is 17.5 Å². The van der Waals surface area contributed by atoms with Crippen LogP contribution in [0.3, 0.4) is 0 Å². The van der Waals surface area contributed by atoms with E-state index in [9.17, 15) is 31.5 Å². The molecule has 1 atom stereocenters. The van der Waals surface area contributed by atoms with Gasteiger partial charge in [0.25, 0.3) is 5.92 Å². The van der Waals surface area contributed by atoms with E-state index in [1.165, 1.54) is 0 Å². The van der Waals surface area contributed by atoms with Crippen LogP contribution in [0.15, 0.2) is 12.1 Å². The number of carbonyl (C=O) groups is 2. The van der Waals surface area contributed by atoms with Crippen molar-refractivity contribution in [3.63, 3.8) is 0 Å². The SMILES string of the molecule is Cl.O=C(CNC(=O)C1CC(F)(F)CN1)Nc1ccc(F)c(F)c1F. The molecular weight excluding hydrogens is 361 g/mol. The van der Waals surface area contributed by atoms with Crippen LogP contribution in [0.4, 0.5) is 27.6 Å². The summed E-state index contributed by atoms with van der Waals surface area (Å²) in [6, 6.07) is 0.293. The average Bonchev–Trinajstić information content (AvgIpc) is 2.85. The molecule has 1 saturated heterocycles. The highest BCUT2D eigenvalue weighted by Crippen LogP contribution is 2.25. The molecule has 0 aromatic heterocycles. The first kappa shape index (κ1) is 20.1. The van der Waals surface area contributed by atoms with Gasteiger partial charge in [-0.3, -0.25) is 14.9 Å². The zero-order valence-corrected chi connectivity index (χ0v) is 12.8. The molecule has 1 fully saturated rings. The van der Waals surface area contributed by atoms with Gasteiger partial charge in [0, 0.05) is 6.42 Å². The Balaban J connectivity index is 0.00000288. The van der Waals surface area contributed by atoms with Gasteiger partial charge in [-0.25, -0.2) is 22.0 Å². The Morgan fingerprint density at radius 1 is 1.21 bits per heavy atom. The second-order valence-electron chi connectivity index (χ2n) is 4.98. The van der Waals surface area contributed by atoms with E-state index in [0.717, 1.165) is 6.07 Å². The first-order valence-corrected chi connectivity index (χ1v) is 6.52. The standard InChI is InChI=1S/C13H12F5N3O2.ClH/c14-6-1-2-7(11(16)10(6)15)21-9(22)4-19-12(23)8-3-13(17,18)5-20-8;/h1-2,8,20H,3-5H2,(H,19,23)(H,21,22);1H. The molecule has 1 heterocycles. The number of nitrogens with one attached hydrogen (secondary N) is 3. The van der Waals surface area contributed by atoms with Gasteiger partial charge >= 0.3 is 0 Å². The molecule has 2 rings (SSSR count). The molecule has 0 radical (unpaired) electrons. The Bertz CT molecular complexity index is 644. The van der Waals surface area contributed by atoms with Crippen LogP contribution >= 0.6 is 12.4 Å². The predicted molar refractivity (Wildman–Crippen MR) is 76.6 cm³/mol. The summed E-state index contributed by atoms with van der Waals surface area (Å²) < 4.78 is 64.9. The van der Waals surface area contributed by atoms with Crippen LogP contribution in [0.25, 0.3) is 0 Å². The second kappa shape index (κ2) is 7.75. The Morgan fingerprint density at radius 3 is 2.46 bits per heavy atom. The monoisotopic (exact) mass is 373 g/mol. The van der Waals surface area contributed by atoms with E-state index in [1.54, 1.807) is 0 Å². The zero-order valence-electron chi connectivity index (χ0n) is 12.0. The minimum atomic E-state index is -3.00. The van der Waals surface area contributed by atoms with Crippen molar-refractivity contribution in [2.45, 2.75) is 18.4 Å². The van der Waals surface area contributed by atoms with Crippen molar-refractivity contribution in [3.05, 3.63) is 29.6 Å². The maximum atomic E-state index is 13.3. The van der Waals surface area contributed by atoms with Gasteiger partial charge < -0.3 is 10.6 Å². The summed E-state index contributed by atoms with van der Waals surface area (Å²) in [4.78, 5) is 23.1. The van der Waals surface area contributed by atoms with Crippen molar-refractivity contribution in [2.75, 3.05) is 18.4 Å². The summed E-state index contributed by atoms with van der Waals surface area (Å²) >= 11 is 0. The van der Waals surface area contributed by atoms with E-state index in [-0.39, 0.29) is 12.4 Å². The molecule has 1 unspecified atom stereocenters. The topological polar surface area (TPSA) is 70.2 Å². The van der Waals surface area contributed by atoms with Gasteiger partial charge in [0.05, 0.1) is 24.8 Å². The van der Waals surface area contributed by atoms with Crippen molar-refractivity contribution in [2.24, 2.45) is 0 Å². The lowest BCUT2D eigenvalue weighted by atomic mass is 10.2. The molecule has 1 aromatic rings. The lowest BCUT2D eigenvalue weighted by molar-refractivity contribution is -0.125. The van der Waals surface area contributed by atoms with Crippen molar-refractivity contribution in [1.29, 1.82) is 0 Å². The number of hydrogen-bond acceptors (Lipinski definition) is 3. The molecule has 3 N–H and O–H groups in total. The zero-order chi connectivity index (χ0) is 17.2. The van der Waals surface area contributed by atoms with E-state index in [2.05, 4.69) is 10.6 Å². The molecule has 11 heteroatoms. The molecule has 0 spiro atoms. The highest BCUT2D eigenvalue weighted by molar-refractivity contribution is 5.95. The Morgan fingerprint density at radius 2 is 1.88 bits per heavy atom. The number of rotatable bonds is 4. The third-order valence-electron chi connectivity index (χ3n) is 3.16. The van der Waals surface area contributed by atoms with Gasteiger partial charge in [0.1, 0.15) is 0 Å². The number of hydrogen-bond donors (Lipinski definition) is 3. The molecule has 1 aliphatic rings. The Labute approximate surface area is 139 Å². The van der Waals surface area contributed by atoms with Gasteiger partial charge in [-0.1, -0.05) is 0 Å². The van der Waals surface area contributed by atoms with Crippen LogP contribution in [-0.4, -0.2) is 36.9 Å². The molecule has 1 aliphatic heterocycles. The molecule has 0 saturated carbocycles. The van der Waals surface area contributed by atoms with E-state index in [4.69, 9.17) is 0 Å². The Kier molecular flexibility index (Phi) is 6.50. The lowest BCUT2D eigenvalue weighted by Crippen LogP contribution is -2.43. The number of benzene rings is 1. The third-order valence-corrected chi connectivity index (χ3v) is 3.16. The van der Waals surface area contributed by atoms with Gasteiger partial charge in [-0.15, -0.1) is 12.4 Å². The van der Waals surface area contributed by atoms with Gasteiger partial charge in [0.2, 0.25) is 11.8 Å². The lowest BCUT2D eigenvalue weighted by Gasteiger charge is -2.12. The fraction of sp³-hybridized carbons (Fsp3) is 0.385. The summed E-state index contributed by atoms with van der Waals surface area (Å²) in [7, 11) is 0. The number of anilines is 1. The largest absolute Gasteiger partial charge is 0.346 e. The quantitative estimate of drug-likeness (QED) is 0.554. The van der Waals surface area contributed by atoms with Crippen molar-refractivity contribution >= 4 is 29.9 Å². The fourth-order valence-corrected chi connectivity index (χ4v) is 2.01. The van der Waals surface area contributed by atoms with Gasteiger partial charge in [-0.05, 0) is 12.1 Å². The molecule has 0 bridgehead atoms. The van der Waals surface area contributed by atoms with Crippen LogP contribution in [0.2, 0.25) is 0 Å². The van der Waals surface area contributed by atoms with Crippen molar-refractivity contribution < 1.29 is 31.5 Å². The summed E-state index contributed by atoms with van der Waals surface area (Å²) in [6.45, 7) is -1.28. The smallest absolute Gasteiger partial charge is 0.262 e. The Hall–Kier alpha value is -1.94. The normalized spacial score (nSPS) is 18.6. The van der Waals surface area contributed by atoms with Gasteiger partial charge in [0.15, 0.2) is 17.5 Å². The number of alkyl halides is 2. The molecule has 2 amide bonds. The van der Waals surface area contributed by atoms with Crippen LogP contribution < -0.4 is 16.0 Å². The number of amides is 2. The fourth-order valence-electron chi connectivity index (χ4n) is 2.01. The third kappa shape index (κ3) is 4.78. The molecule has 134 valence electrons. The van der Waals surface area contributed by atoms with E-state index < -0.39 is 66.4 Å². The molecule has 5 nitrogen and oxygen atoms in total. The van der Waals surface area contributed by atoms with Gasteiger partial charge in [-0.2, -0.15) is 0 Å². The van der Waals surface area contributed by atoms with E-state index >= 15 is 0 Å². The summed E-state index contributed by atoms with van der Waals surface area (Å²) in [5, 5.41) is 6.33. The highest BCUT2D eigenvalue weighted by atomic mass is 35.5. The molecule has 24 heavy (non-hydrogen) atoms. The van der Waals surface area contributed by atoms with Crippen LogP contribution in [-0.2, 0) is 9.59 Å². The summed E-state index contributed by atoms with van der Waals surface area (Å²) in [6.07, 6.45) is -0.696. The maximum Gasteiger partial charge on any atom is 0.262 e. The van der Waals surface area contributed by atoms with Crippen molar-refractivity contribution in [3.8, 4) is 0 Å². The van der Waals surface area contributed by atoms with Crippen LogP contribution in [0.1, 0.15) is 6.42 Å². The van der Waals surface area contributed by atoms with E-state index in [0.29, 0.717) is 6.07 Å². The minimum absolute atomic E-state index is 0. The average molecular weight is 374 g/mol. The molecular formula is C13H13ClF5N3O2. The molecule has 1 aromatic carbocycles. The second-order valence-corrected chi connectivity index (χ2v) is 4.98. The summed E-state index contributed by atoms with van der Waals surface area (Å²) in [5.74, 6) is -9.48. The molecule has 0 aliphatic carbocycles. The number of carbonyl (C=O) groups excluding carboxylic acids is 2. The maximum absolute atomic E-state index is 13.3. The first-order valence-electron chi connectivity index (χ1n) is 6.52. The van der Waals surface area contributed by atoms with Crippen LogP contribution in [0.5, 0.6) is 0 Å².